The molecule has 1 unspecified atom stereocenters. The van der Waals surface area contributed by atoms with E-state index >= 15 is 0 Å². The molecule has 6 nitrogen and oxygen atoms in total. The number of ether oxygens (including phenoxy) is 1. The molecule has 1 atom stereocenters. The molecule has 2 N–H and O–H groups in total. The normalized spacial score (nSPS) is 12.6. The molecule has 9 heteroatoms. The summed E-state index contributed by atoms with van der Waals surface area (Å²) in [5.41, 5.74) is 1.61. The molecule has 2 aromatic carbocycles. The number of aryl methyl sites for hydroxylation is 1. The number of rotatable bonds is 9. The molecular formula is C22H31FIN3O3S. The molecule has 0 aromatic heterocycles. The minimum atomic E-state index is -3.24. The number of hydrogen-bond acceptors (Lipinski definition) is 4. The van der Waals surface area contributed by atoms with Crippen molar-refractivity contribution in [2.45, 2.75) is 44.7 Å². The molecule has 0 fully saturated rings. The molecule has 0 bridgehead atoms. The number of hydrogen-bond donors (Lipinski definition) is 2. The summed E-state index contributed by atoms with van der Waals surface area (Å²) < 4.78 is 43.1. The molecule has 31 heavy (non-hydrogen) atoms. The summed E-state index contributed by atoms with van der Waals surface area (Å²) in [6, 6.07) is 11.6. The van der Waals surface area contributed by atoms with Gasteiger partial charge < -0.3 is 15.4 Å². The average molecular weight is 563 g/mol. The molecule has 2 rings (SSSR count). The zero-order valence-corrected chi connectivity index (χ0v) is 21.5. The van der Waals surface area contributed by atoms with Crippen LogP contribution in [-0.4, -0.2) is 39.8 Å². The van der Waals surface area contributed by atoms with E-state index in [2.05, 4.69) is 15.6 Å². The summed E-state index contributed by atoms with van der Waals surface area (Å²) in [6.07, 6.45) is 1.68. The molecule has 0 saturated heterocycles. The second kappa shape index (κ2) is 12.8. The van der Waals surface area contributed by atoms with Gasteiger partial charge in [-0.05, 0) is 49.6 Å². The molecule has 0 radical (unpaired) electrons. The number of nitrogens with zero attached hydrogens (tertiary/aromatic N) is 1. The van der Waals surface area contributed by atoms with Crippen molar-refractivity contribution in [1.29, 1.82) is 0 Å². The van der Waals surface area contributed by atoms with Crippen molar-refractivity contribution in [2.75, 3.05) is 19.3 Å². The second-order valence-electron chi connectivity index (χ2n) is 7.03. The summed E-state index contributed by atoms with van der Waals surface area (Å²) in [4.78, 5) is 4.89. The van der Waals surface area contributed by atoms with Gasteiger partial charge in [-0.1, -0.05) is 31.2 Å². The maximum absolute atomic E-state index is 13.8. The lowest BCUT2D eigenvalue weighted by atomic mass is 10.1. The van der Waals surface area contributed by atoms with Gasteiger partial charge in [0.1, 0.15) is 6.10 Å². The molecule has 2 aromatic rings. The van der Waals surface area contributed by atoms with Gasteiger partial charge in [0, 0.05) is 12.8 Å². The highest BCUT2D eigenvalue weighted by atomic mass is 127. The lowest BCUT2D eigenvalue weighted by Gasteiger charge is -2.20. The van der Waals surface area contributed by atoms with E-state index in [1.54, 1.807) is 37.3 Å². The summed E-state index contributed by atoms with van der Waals surface area (Å²) in [6.45, 7) is 7.26. The molecule has 0 aliphatic heterocycles. The van der Waals surface area contributed by atoms with E-state index in [9.17, 15) is 12.8 Å². The highest BCUT2D eigenvalue weighted by Crippen LogP contribution is 2.18. The van der Waals surface area contributed by atoms with E-state index in [4.69, 9.17) is 4.74 Å². The van der Waals surface area contributed by atoms with Gasteiger partial charge in [0.25, 0.3) is 0 Å². The third-order valence-corrected chi connectivity index (χ3v) is 5.74. The zero-order chi connectivity index (χ0) is 22.1. The Bertz CT molecular complexity index is 984. The first-order valence-electron chi connectivity index (χ1n) is 9.97. The third kappa shape index (κ3) is 8.64. The number of aliphatic imine (C=N–C) groups is 1. The first-order valence-corrected chi connectivity index (χ1v) is 11.9. The van der Waals surface area contributed by atoms with E-state index in [1.807, 2.05) is 19.9 Å². The van der Waals surface area contributed by atoms with E-state index in [1.165, 1.54) is 12.3 Å². The summed E-state index contributed by atoms with van der Waals surface area (Å²) in [5, 5.41) is 6.40. The summed E-state index contributed by atoms with van der Waals surface area (Å²) in [7, 11) is -3.24. The van der Waals surface area contributed by atoms with Gasteiger partial charge in [-0.15, -0.1) is 24.0 Å². The van der Waals surface area contributed by atoms with Crippen LogP contribution in [0.3, 0.4) is 0 Å². The molecule has 172 valence electrons. The fourth-order valence-electron chi connectivity index (χ4n) is 2.94. The van der Waals surface area contributed by atoms with Gasteiger partial charge in [0.05, 0.1) is 18.0 Å². The smallest absolute Gasteiger partial charge is 0.191 e. The van der Waals surface area contributed by atoms with Crippen molar-refractivity contribution in [1.82, 2.24) is 10.6 Å². The fourth-order valence-corrected chi connectivity index (χ4v) is 3.90. The predicted octanol–water partition coefficient (Wildman–Crippen LogP) is 4.07. The molecule has 0 saturated carbocycles. The van der Waals surface area contributed by atoms with E-state index < -0.39 is 9.84 Å². The molecule has 0 aliphatic rings. The minimum Gasteiger partial charge on any atom is -0.486 e. The quantitative estimate of drug-likeness (QED) is 0.273. The Kier molecular flexibility index (Phi) is 11.3. The van der Waals surface area contributed by atoms with Crippen molar-refractivity contribution in [3.05, 3.63) is 59.4 Å². The van der Waals surface area contributed by atoms with Crippen LogP contribution in [0.1, 0.15) is 31.4 Å². The Labute approximate surface area is 201 Å². The second-order valence-corrected chi connectivity index (χ2v) is 9.01. The van der Waals surface area contributed by atoms with Crippen molar-refractivity contribution in [3.8, 4) is 5.75 Å². The summed E-state index contributed by atoms with van der Waals surface area (Å²) in [5.74, 6) is 0.455. The van der Waals surface area contributed by atoms with Crippen LogP contribution in [0.5, 0.6) is 5.75 Å². The van der Waals surface area contributed by atoms with Crippen LogP contribution in [0.25, 0.3) is 0 Å². The zero-order valence-electron chi connectivity index (χ0n) is 18.3. The predicted molar refractivity (Wildman–Crippen MR) is 134 cm³/mol. The standard InChI is InChI=1S/C22H30FN3O3S.HI/c1-5-18(29-20-10-8-7-9-19(20)23)15-26-22(24-6-2)25-14-17-11-12-21(16(3)13-17)30(4,27)28;/h7-13,18H,5-6,14-15H2,1-4H3,(H2,24,25,26);1H. The lowest BCUT2D eigenvalue weighted by Crippen LogP contribution is -2.42. The van der Waals surface area contributed by atoms with Crippen molar-refractivity contribution in [2.24, 2.45) is 4.99 Å². The van der Waals surface area contributed by atoms with Gasteiger partial charge in [-0.25, -0.2) is 17.8 Å². The molecule has 0 aliphatic carbocycles. The van der Waals surface area contributed by atoms with Crippen LogP contribution in [0, 0.1) is 12.7 Å². The first kappa shape index (κ1) is 27.2. The van der Waals surface area contributed by atoms with Crippen molar-refractivity contribution < 1.29 is 17.5 Å². The monoisotopic (exact) mass is 563 g/mol. The van der Waals surface area contributed by atoms with Crippen LogP contribution in [0.15, 0.2) is 52.4 Å². The highest BCUT2D eigenvalue weighted by Gasteiger charge is 2.13. The lowest BCUT2D eigenvalue weighted by molar-refractivity contribution is 0.191. The fraction of sp³-hybridized carbons (Fsp3) is 0.409. The average Bonchev–Trinajstić information content (AvgIpc) is 2.69. The molecule has 0 amide bonds. The van der Waals surface area contributed by atoms with Gasteiger partial charge in [0.15, 0.2) is 27.4 Å². The van der Waals surface area contributed by atoms with E-state index in [0.717, 1.165) is 5.56 Å². The van der Waals surface area contributed by atoms with Gasteiger partial charge in [0.2, 0.25) is 0 Å². The van der Waals surface area contributed by atoms with Crippen LogP contribution in [0.4, 0.5) is 4.39 Å². The topological polar surface area (TPSA) is 79.8 Å². The van der Waals surface area contributed by atoms with Crippen LogP contribution >= 0.6 is 24.0 Å². The SMILES string of the molecule is CCNC(=NCc1ccc(S(C)(=O)=O)c(C)c1)NCC(CC)Oc1ccccc1F.I. The first-order chi connectivity index (χ1) is 14.2. The van der Waals surface area contributed by atoms with Crippen LogP contribution < -0.4 is 15.4 Å². The van der Waals surface area contributed by atoms with E-state index in [0.29, 0.717) is 42.5 Å². The van der Waals surface area contributed by atoms with Gasteiger partial charge in [-0.3, -0.25) is 0 Å². The van der Waals surface area contributed by atoms with Gasteiger partial charge >= 0.3 is 0 Å². The van der Waals surface area contributed by atoms with Crippen molar-refractivity contribution >= 4 is 39.8 Å². The Morgan fingerprint density at radius 1 is 1.16 bits per heavy atom. The number of guanidine groups is 1. The maximum atomic E-state index is 13.8. The van der Waals surface area contributed by atoms with Crippen molar-refractivity contribution in [3.63, 3.8) is 0 Å². The number of nitrogens with one attached hydrogen (secondary N) is 2. The largest absolute Gasteiger partial charge is 0.486 e. The summed E-state index contributed by atoms with van der Waals surface area (Å²) >= 11 is 0. The Morgan fingerprint density at radius 3 is 2.45 bits per heavy atom. The minimum absolute atomic E-state index is 0. The molecular weight excluding hydrogens is 532 g/mol. The Balaban J connectivity index is 0.00000480. The Hall–Kier alpha value is -1.88. The van der Waals surface area contributed by atoms with E-state index in [-0.39, 0.29) is 41.6 Å². The maximum Gasteiger partial charge on any atom is 0.191 e. The third-order valence-electron chi connectivity index (χ3n) is 4.49. The molecule has 0 heterocycles. The highest BCUT2D eigenvalue weighted by molar-refractivity contribution is 14.0. The number of benzene rings is 2. The van der Waals surface area contributed by atoms with Crippen LogP contribution in [0.2, 0.25) is 0 Å². The number of sulfone groups is 1. The Morgan fingerprint density at radius 2 is 1.87 bits per heavy atom. The number of halogens is 2. The van der Waals surface area contributed by atoms with Crippen LogP contribution in [-0.2, 0) is 16.4 Å². The van der Waals surface area contributed by atoms with Gasteiger partial charge in [-0.2, -0.15) is 0 Å². The molecule has 0 spiro atoms. The number of para-hydroxylation sites is 1.